The Balaban J connectivity index is 0.000000912. The van der Waals surface area contributed by atoms with Crippen molar-refractivity contribution in [3.63, 3.8) is 0 Å². The van der Waals surface area contributed by atoms with Gasteiger partial charge in [-0.1, -0.05) is 0 Å². The normalized spacial score (nSPS) is 18.1. The van der Waals surface area contributed by atoms with E-state index in [9.17, 15) is 46.7 Å². The van der Waals surface area contributed by atoms with Crippen molar-refractivity contribution in [3.05, 3.63) is 57.3 Å². The number of halogens is 3. The highest BCUT2D eigenvalue weighted by Gasteiger charge is 2.54. The van der Waals surface area contributed by atoms with Gasteiger partial charge in [0.2, 0.25) is 6.10 Å². The minimum atomic E-state index is -6.09. The van der Waals surface area contributed by atoms with Crippen LogP contribution in [0.25, 0.3) is 11.2 Å². The molecule has 1 aliphatic heterocycles. The first-order valence-corrected chi connectivity index (χ1v) is 17.0. The highest BCUT2D eigenvalue weighted by atomic mass is 32.2. The molecule has 21 nitrogen and oxygen atoms in total. The monoisotopic (exact) mass is 809 g/mol. The molecule has 0 radical (unpaired) electrons. The second-order valence-electron chi connectivity index (χ2n) is 11.4. The zero-order valence-electron chi connectivity index (χ0n) is 29.5. The van der Waals surface area contributed by atoms with E-state index >= 15 is 0 Å². The maximum absolute atomic E-state index is 12.8. The van der Waals surface area contributed by atoms with E-state index in [2.05, 4.69) is 4.98 Å². The van der Waals surface area contributed by atoms with E-state index in [0.29, 0.717) is 0 Å². The van der Waals surface area contributed by atoms with Crippen LogP contribution in [-0.2, 0) is 78.4 Å². The number of fused-ring (bicyclic) bond motifs is 1. The number of nitrogens with zero attached hydrogens (tertiary/aromatic N) is 5. The summed E-state index contributed by atoms with van der Waals surface area (Å²) in [6.45, 7) is 2.73. The van der Waals surface area contributed by atoms with E-state index in [4.69, 9.17) is 41.4 Å². The third-order valence-corrected chi connectivity index (χ3v) is 7.84. The second kappa shape index (κ2) is 18.1. The van der Waals surface area contributed by atoms with Gasteiger partial charge < -0.3 is 37.5 Å². The summed E-state index contributed by atoms with van der Waals surface area (Å²) in [5.41, 5.74) is -6.49. The molecular formula is C30H34F3N5O16S. The molecule has 0 bridgehead atoms. The number of aryl methyl sites for hydroxylation is 1. The van der Waals surface area contributed by atoms with Crippen LogP contribution in [0.5, 0.6) is 0 Å². The molecule has 0 aromatic carbocycles. The Hall–Kier alpha value is -5.69. The van der Waals surface area contributed by atoms with Crippen molar-refractivity contribution in [2.75, 3.05) is 19.8 Å². The first-order valence-electron chi connectivity index (χ1n) is 15.6. The van der Waals surface area contributed by atoms with Crippen LogP contribution in [0.3, 0.4) is 0 Å². The smallest absolute Gasteiger partial charge is 0.485 e. The molecule has 1 aliphatic rings. The summed E-state index contributed by atoms with van der Waals surface area (Å²) < 4.78 is 96.0. The van der Waals surface area contributed by atoms with E-state index in [0.717, 1.165) is 4.57 Å². The molecule has 55 heavy (non-hydrogen) atoms. The average Bonchev–Trinajstić information content (AvgIpc) is 3.65. The second-order valence-corrected chi connectivity index (χ2v) is 12.8. The number of carbonyl (C=O) groups excluding carboxylic acids is 5. The van der Waals surface area contributed by atoms with Crippen LogP contribution in [0.15, 0.2) is 40.4 Å². The van der Waals surface area contributed by atoms with Crippen molar-refractivity contribution in [1.82, 2.24) is 18.7 Å². The van der Waals surface area contributed by atoms with Crippen molar-refractivity contribution < 1.29 is 83.1 Å². The molecule has 0 unspecified atom stereocenters. The Kier molecular flexibility index (Phi) is 14.4. The number of rotatable bonds is 12. The molecule has 0 N–H and O–H groups in total. The van der Waals surface area contributed by atoms with E-state index in [1.54, 1.807) is 0 Å². The quantitative estimate of drug-likeness (QED) is 0.0524. The first kappa shape index (κ1) is 43.7. The molecule has 1 fully saturated rings. The summed E-state index contributed by atoms with van der Waals surface area (Å²) in [6.07, 6.45) is 0.0582. The number of hydrogen-bond donors (Lipinski definition) is 0. The fourth-order valence-electron chi connectivity index (χ4n) is 4.90. The summed E-state index contributed by atoms with van der Waals surface area (Å²) in [7, 11) is -3.31. The van der Waals surface area contributed by atoms with Gasteiger partial charge in [0.25, 0.3) is 5.56 Å². The summed E-state index contributed by atoms with van der Waals surface area (Å²) in [5, 5.41) is 0. The largest absolute Gasteiger partial charge is 0.741 e. The number of esters is 5. The molecule has 4 heterocycles. The highest BCUT2D eigenvalue weighted by Crippen LogP contribution is 2.31. The summed E-state index contributed by atoms with van der Waals surface area (Å²) in [6, 6.07) is 3.00. The van der Waals surface area contributed by atoms with Crippen molar-refractivity contribution in [2.45, 2.75) is 63.8 Å². The molecule has 25 heteroatoms. The Labute approximate surface area is 307 Å². The van der Waals surface area contributed by atoms with Gasteiger partial charge in [-0.15, -0.1) is 0 Å². The zero-order chi connectivity index (χ0) is 41.4. The van der Waals surface area contributed by atoms with Crippen LogP contribution < -0.4 is 15.8 Å². The molecular weight excluding hydrogens is 775 g/mol. The molecule has 1 saturated heterocycles. The molecule has 0 spiro atoms. The summed E-state index contributed by atoms with van der Waals surface area (Å²) >= 11 is 0. The molecule has 302 valence electrons. The predicted molar refractivity (Wildman–Crippen MR) is 170 cm³/mol. The van der Waals surface area contributed by atoms with Crippen LogP contribution >= 0.6 is 0 Å². The van der Waals surface area contributed by atoms with Crippen LogP contribution in [0.4, 0.5) is 13.2 Å². The maximum Gasteiger partial charge on any atom is 0.485 e. The fourth-order valence-corrected chi connectivity index (χ4v) is 4.90. The van der Waals surface area contributed by atoms with E-state index in [1.165, 1.54) is 79.4 Å². The van der Waals surface area contributed by atoms with Crippen LogP contribution in [-0.4, -0.2) is 105 Å². The van der Waals surface area contributed by atoms with Gasteiger partial charge in [-0.25, -0.2) is 23.0 Å². The maximum atomic E-state index is 12.8. The molecule has 0 amide bonds. The van der Waals surface area contributed by atoms with Crippen LogP contribution in [0.1, 0.15) is 43.8 Å². The number of pyridine rings is 1. The minimum absolute atomic E-state index is 0.0737. The lowest BCUT2D eigenvalue weighted by atomic mass is 10.1. The van der Waals surface area contributed by atoms with Gasteiger partial charge in [0.1, 0.15) is 24.8 Å². The number of ether oxygens (including phenoxy) is 6. The Morgan fingerprint density at radius 2 is 1.55 bits per heavy atom. The molecule has 4 rings (SSSR count). The Morgan fingerprint density at radius 3 is 2.13 bits per heavy atom. The lowest BCUT2D eigenvalue weighted by Gasteiger charge is -2.21. The lowest BCUT2D eigenvalue weighted by Crippen LogP contribution is -2.48. The first-order chi connectivity index (χ1) is 25.5. The highest BCUT2D eigenvalue weighted by molar-refractivity contribution is 7.86. The third kappa shape index (κ3) is 11.4. The summed E-state index contributed by atoms with van der Waals surface area (Å²) in [4.78, 5) is 89.0. The van der Waals surface area contributed by atoms with Gasteiger partial charge in [0.05, 0.1) is 19.5 Å². The average molecular weight is 810 g/mol. The lowest BCUT2D eigenvalue weighted by molar-refractivity contribution is -0.765. The van der Waals surface area contributed by atoms with Crippen molar-refractivity contribution in [3.8, 4) is 0 Å². The Morgan fingerprint density at radius 1 is 0.945 bits per heavy atom. The van der Waals surface area contributed by atoms with Gasteiger partial charge >= 0.3 is 47.3 Å². The molecule has 3 aromatic rings. The number of hydrogen-bond acceptors (Lipinski definition) is 17. The SMILES string of the molecule is CC(=O)OC[C@H]1O[C@@H]([n+]2cccc(C(=O)OCCCOC(=O)Cn3cnc4c3c(=O)n(C)c(=O)n4C)c2)[C@H](OC(C)=O)[C@@H]1OC(C)=O.O=S(=O)([O-])C(F)(F)F. The number of carbonyl (C=O) groups is 5. The van der Waals surface area contributed by atoms with Crippen molar-refractivity contribution in [1.29, 1.82) is 0 Å². The fraction of sp³-hybridized carbons (Fsp3) is 0.500. The van der Waals surface area contributed by atoms with Gasteiger partial charge in [0.15, 0.2) is 39.8 Å². The summed E-state index contributed by atoms with van der Waals surface area (Å²) in [5.74, 6) is -3.34. The molecule has 0 saturated carbocycles. The third-order valence-electron chi connectivity index (χ3n) is 7.28. The number of alkyl halides is 3. The van der Waals surface area contributed by atoms with E-state index < -0.39 is 81.3 Å². The van der Waals surface area contributed by atoms with Gasteiger partial charge in [0, 0.05) is 47.4 Å². The molecule has 3 aromatic heterocycles. The van der Waals surface area contributed by atoms with E-state index in [1.807, 2.05) is 0 Å². The van der Waals surface area contributed by atoms with Crippen molar-refractivity contribution in [2.24, 2.45) is 14.1 Å². The standard InChI is InChI=1S/C29H34N5O13.CHF3O3S/c1-16(35)44-14-20-23(45-17(2)36)24(46-18(3)37)27(47-20)33-9-6-8-19(12-33)28(40)43-11-7-10-42-21(38)13-34-15-30-25-22(34)26(39)32(5)29(41)31(25)4;2-1(3,4)8(5,6)7/h6,8-9,12,15,20,23-24,27H,7,10-11,13-14H2,1-5H3;(H,5,6,7)/q+1;/p-1/t20-,23-,24-,27-;/m1./s1. The predicted octanol–water partition coefficient (Wildman–Crippen LogP) is -1.11. The van der Waals surface area contributed by atoms with Gasteiger partial charge in [-0.2, -0.15) is 17.7 Å². The van der Waals surface area contributed by atoms with Crippen molar-refractivity contribution >= 4 is 51.1 Å². The molecule has 4 atom stereocenters. The van der Waals surface area contributed by atoms with Gasteiger partial charge in [-0.3, -0.25) is 33.1 Å². The number of imidazole rings is 1. The van der Waals surface area contributed by atoms with Crippen LogP contribution in [0.2, 0.25) is 0 Å². The van der Waals surface area contributed by atoms with Crippen LogP contribution in [0, 0.1) is 0 Å². The minimum Gasteiger partial charge on any atom is -0.741 e. The zero-order valence-corrected chi connectivity index (χ0v) is 30.4. The number of aromatic nitrogens is 5. The van der Waals surface area contributed by atoms with E-state index in [-0.39, 0.29) is 49.5 Å². The van der Waals surface area contributed by atoms with Gasteiger partial charge in [-0.05, 0) is 6.07 Å². The molecule has 0 aliphatic carbocycles. The Bertz CT molecular complexity index is 2160. The topological polar surface area (TPSA) is 264 Å².